The van der Waals surface area contributed by atoms with Crippen molar-refractivity contribution >= 4 is 17.7 Å². The Morgan fingerprint density at radius 3 is 2.83 bits per heavy atom. The molecule has 0 atom stereocenters. The average Bonchev–Trinajstić information content (AvgIpc) is 2.62. The summed E-state index contributed by atoms with van der Waals surface area (Å²) in [5.41, 5.74) is 1.79. The molecule has 24 heavy (non-hydrogen) atoms. The summed E-state index contributed by atoms with van der Waals surface area (Å²) in [5.74, 6) is 1.54. The number of thioether (sulfide) groups is 1. The first kappa shape index (κ1) is 17.0. The number of carbonyl (C=O) groups is 1. The molecule has 3 nitrogen and oxygen atoms in total. The largest absolute Gasteiger partial charge is 0.339 e. The highest BCUT2D eigenvalue weighted by molar-refractivity contribution is 7.98. The Morgan fingerprint density at radius 1 is 1.33 bits per heavy atom. The molecule has 0 saturated carbocycles. The van der Waals surface area contributed by atoms with Gasteiger partial charge in [-0.1, -0.05) is 12.1 Å². The molecule has 0 bridgehead atoms. The summed E-state index contributed by atoms with van der Waals surface area (Å²) in [4.78, 5) is 18.4. The van der Waals surface area contributed by atoms with Gasteiger partial charge in [0.1, 0.15) is 5.82 Å². The highest BCUT2D eigenvalue weighted by Crippen LogP contribution is 2.25. The molecule has 1 saturated heterocycles. The lowest BCUT2D eigenvalue weighted by molar-refractivity contribution is 0.0699. The monoisotopic (exact) mass is 344 g/mol. The maximum Gasteiger partial charge on any atom is 0.253 e. The highest BCUT2D eigenvalue weighted by atomic mass is 32.2. The van der Waals surface area contributed by atoms with Gasteiger partial charge in [0.25, 0.3) is 5.91 Å². The van der Waals surface area contributed by atoms with Crippen LogP contribution in [0, 0.1) is 11.7 Å². The van der Waals surface area contributed by atoms with Gasteiger partial charge in [0, 0.05) is 30.4 Å². The lowest BCUT2D eigenvalue weighted by Crippen LogP contribution is -2.39. The lowest BCUT2D eigenvalue weighted by Gasteiger charge is -2.31. The van der Waals surface area contributed by atoms with Crippen LogP contribution in [0.15, 0.2) is 42.7 Å². The van der Waals surface area contributed by atoms with E-state index in [4.69, 9.17) is 0 Å². The van der Waals surface area contributed by atoms with Crippen molar-refractivity contribution in [1.82, 2.24) is 9.88 Å². The molecule has 0 aliphatic carbocycles. The Balaban J connectivity index is 1.75. The number of piperidine rings is 1. The van der Waals surface area contributed by atoms with E-state index >= 15 is 0 Å². The third-order valence-corrected chi connectivity index (χ3v) is 5.30. The van der Waals surface area contributed by atoms with Crippen molar-refractivity contribution in [3.8, 4) is 11.1 Å². The average molecular weight is 344 g/mol. The van der Waals surface area contributed by atoms with E-state index in [1.807, 2.05) is 28.8 Å². The molecule has 2 heterocycles. The van der Waals surface area contributed by atoms with Crippen molar-refractivity contribution < 1.29 is 9.18 Å². The van der Waals surface area contributed by atoms with Crippen LogP contribution in [0.2, 0.25) is 0 Å². The van der Waals surface area contributed by atoms with E-state index < -0.39 is 0 Å². The first-order valence-corrected chi connectivity index (χ1v) is 9.56. The second-order valence-corrected chi connectivity index (χ2v) is 7.04. The molecular formula is C19H21FN2OS. The van der Waals surface area contributed by atoms with Crippen molar-refractivity contribution in [2.75, 3.05) is 25.1 Å². The van der Waals surface area contributed by atoms with Gasteiger partial charge in [0.05, 0.1) is 6.20 Å². The van der Waals surface area contributed by atoms with Crippen molar-refractivity contribution in [3.05, 3.63) is 54.1 Å². The second-order valence-electron chi connectivity index (χ2n) is 6.13. The van der Waals surface area contributed by atoms with E-state index in [2.05, 4.69) is 11.2 Å². The van der Waals surface area contributed by atoms with Crippen LogP contribution in [-0.2, 0) is 0 Å². The van der Waals surface area contributed by atoms with Gasteiger partial charge in [0.2, 0.25) is 0 Å². The molecule has 0 radical (unpaired) electrons. The number of hydrogen-bond donors (Lipinski definition) is 0. The number of carbonyl (C=O) groups excluding carboxylic acids is 1. The molecule has 3 rings (SSSR count). The SMILES string of the molecule is CSCC1CCN(C(=O)c2cccc(-c3ccncc3F)c2)CC1. The number of nitrogens with zero attached hydrogens (tertiary/aromatic N) is 2. The Kier molecular flexibility index (Phi) is 5.51. The van der Waals surface area contributed by atoms with Crippen LogP contribution < -0.4 is 0 Å². The molecule has 0 unspecified atom stereocenters. The fraction of sp³-hybridized carbons (Fsp3) is 0.368. The number of pyridine rings is 1. The number of amides is 1. The molecule has 126 valence electrons. The van der Waals surface area contributed by atoms with Crippen molar-refractivity contribution in [2.45, 2.75) is 12.8 Å². The Bertz CT molecular complexity index is 714. The van der Waals surface area contributed by atoms with Gasteiger partial charge in [-0.05, 0) is 54.5 Å². The highest BCUT2D eigenvalue weighted by Gasteiger charge is 2.23. The Labute approximate surface area is 146 Å². The zero-order valence-electron chi connectivity index (χ0n) is 13.7. The fourth-order valence-corrected chi connectivity index (χ4v) is 3.95. The summed E-state index contributed by atoms with van der Waals surface area (Å²) >= 11 is 1.87. The molecule has 0 spiro atoms. The van der Waals surface area contributed by atoms with E-state index in [1.54, 1.807) is 24.4 Å². The summed E-state index contributed by atoms with van der Waals surface area (Å²) in [6.45, 7) is 1.61. The number of likely N-dealkylation sites (tertiary alicyclic amines) is 1. The minimum Gasteiger partial charge on any atom is -0.339 e. The molecule has 5 heteroatoms. The fourth-order valence-electron chi connectivity index (χ4n) is 3.15. The standard InChI is InChI=1S/C19H21FN2OS/c1-24-13-14-6-9-22(10-7-14)19(23)16-4-2-3-15(11-16)17-5-8-21-12-18(17)20/h2-5,8,11-12,14H,6-7,9-10,13H2,1H3. The van der Waals surface area contributed by atoms with Gasteiger partial charge in [-0.15, -0.1) is 0 Å². The van der Waals surface area contributed by atoms with Crippen LogP contribution in [0.3, 0.4) is 0 Å². The number of benzene rings is 1. The van der Waals surface area contributed by atoms with E-state index in [0.717, 1.165) is 25.9 Å². The van der Waals surface area contributed by atoms with Crippen LogP contribution in [-0.4, -0.2) is 40.9 Å². The Morgan fingerprint density at radius 2 is 2.12 bits per heavy atom. The van der Waals surface area contributed by atoms with E-state index in [1.165, 1.54) is 11.9 Å². The third-order valence-electron chi connectivity index (χ3n) is 4.50. The molecule has 1 fully saturated rings. The number of aromatic nitrogens is 1. The molecule has 1 aliphatic heterocycles. The lowest BCUT2D eigenvalue weighted by atomic mass is 9.97. The third kappa shape index (κ3) is 3.78. The molecule has 0 N–H and O–H groups in total. The van der Waals surface area contributed by atoms with Crippen molar-refractivity contribution in [3.63, 3.8) is 0 Å². The molecule has 1 amide bonds. The van der Waals surface area contributed by atoms with Crippen LogP contribution in [0.4, 0.5) is 4.39 Å². The quantitative estimate of drug-likeness (QED) is 0.837. The molecule has 1 aliphatic rings. The summed E-state index contributed by atoms with van der Waals surface area (Å²) in [6.07, 6.45) is 7.00. The zero-order chi connectivity index (χ0) is 16.9. The molecular weight excluding hydrogens is 323 g/mol. The van der Waals surface area contributed by atoms with E-state index in [-0.39, 0.29) is 11.7 Å². The van der Waals surface area contributed by atoms with Crippen molar-refractivity contribution in [1.29, 1.82) is 0 Å². The van der Waals surface area contributed by atoms with Crippen LogP contribution in [0.1, 0.15) is 23.2 Å². The molecule has 1 aromatic carbocycles. The smallest absolute Gasteiger partial charge is 0.253 e. The molecule has 1 aromatic heterocycles. The zero-order valence-corrected chi connectivity index (χ0v) is 14.6. The van der Waals surface area contributed by atoms with Gasteiger partial charge in [-0.25, -0.2) is 4.39 Å². The van der Waals surface area contributed by atoms with Gasteiger partial charge >= 0.3 is 0 Å². The van der Waals surface area contributed by atoms with Crippen LogP contribution in [0.25, 0.3) is 11.1 Å². The van der Waals surface area contributed by atoms with Crippen LogP contribution >= 0.6 is 11.8 Å². The molecule has 2 aromatic rings. The Hall–Kier alpha value is -1.88. The van der Waals surface area contributed by atoms with Gasteiger partial charge in [0.15, 0.2) is 0 Å². The maximum absolute atomic E-state index is 13.9. The summed E-state index contributed by atoms with van der Waals surface area (Å²) < 4.78 is 13.9. The van der Waals surface area contributed by atoms with Crippen LogP contribution in [0.5, 0.6) is 0 Å². The summed E-state index contributed by atoms with van der Waals surface area (Å²) in [7, 11) is 0. The number of halogens is 1. The predicted molar refractivity (Wildman–Crippen MR) is 96.6 cm³/mol. The predicted octanol–water partition coefficient (Wildman–Crippen LogP) is 4.10. The van der Waals surface area contributed by atoms with Crippen molar-refractivity contribution in [2.24, 2.45) is 5.92 Å². The van der Waals surface area contributed by atoms with Gasteiger partial charge < -0.3 is 4.90 Å². The van der Waals surface area contributed by atoms with E-state index in [9.17, 15) is 9.18 Å². The maximum atomic E-state index is 13.9. The number of hydrogen-bond acceptors (Lipinski definition) is 3. The van der Waals surface area contributed by atoms with Gasteiger partial charge in [-0.3, -0.25) is 9.78 Å². The minimum atomic E-state index is -0.375. The first-order chi connectivity index (χ1) is 11.7. The van der Waals surface area contributed by atoms with Gasteiger partial charge in [-0.2, -0.15) is 11.8 Å². The second kappa shape index (κ2) is 7.79. The topological polar surface area (TPSA) is 33.2 Å². The summed E-state index contributed by atoms with van der Waals surface area (Å²) in [5, 5.41) is 0. The normalized spacial score (nSPS) is 15.5. The first-order valence-electron chi connectivity index (χ1n) is 8.17. The summed E-state index contributed by atoms with van der Waals surface area (Å²) in [6, 6.07) is 8.84. The number of rotatable bonds is 4. The minimum absolute atomic E-state index is 0.0360. The van der Waals surface area contributed by atoms with E-state index in [0.29, 0.717) is 22.6 Å².